The van der Waals surface area contributed by atoms with E-state index >= 15 is 0 Å². The van der Waals surface area contributed by atoms with Gasteiger partial charge in [0.1, 0.15) is 19.1 Å². The molecule has 0 radical (unpaired) electrons. The second-order valence-electron chi connectivity index (χ2n) is 18.0. The normalized spacial score (nSPS) is 43.8. The van der Waals surface area contributed by atoms with Crippen molar-refractivity contribution in [2.75, 3.05) is 13.8 Å². The first kappa shape index (κ1) is 34.1. The molecule has 0 bridgehead atoms. The third-order valence-electron chi connectivity index (χ3n) is 15.1. The Morgan fingerprint density at radius 2 is 1.59 bits per heavy atom. The fourth-order valence-corrected chi connectivity index (χ4v) is 12.9. The SMILES string of the molecule is CN(NCO)C(O)[C@]12CCC[C@@H]1[C@H]1CCC3[C@@]4(C)CC[C@H](OC(=O)CC(C)(C)CC(=O)O)C(C)(C)C4CC[C@@]3(C)[C@]1(C)CC2. The summed E-state index contributed by atoms with van der Waals surface area (Å²) in [5, 5.41) is 32.2. The van der Waals surface area contributed by atoms with Crippen LogP contribution in [0.2, 0.25) is 0 Å². The first-order valence-corrected chi connectivity index (χ1v) is 17.5. The van der Waals surface area contributed by atoms with E-state index in [0.717, 1.165) is 38.5 Å². The van der Waals surface area contributed by atoms with Gasteiger partial charge in [-0.1, -0.05) is 54.9 Å². The third kappa shape index (κ3) is 5.16. The Morgan fingerprint density at radius 3 is 2.25 bits per heavy atom. The second kappa shape index (κ2) is 11.5. The minimum absolute atomic E-state index is 0.0476. The molecule has 5 aliphatic carbocycles. The number of fused-ring (bicyclic) bond motifs is 7. The Bertz CT molecular complexity index is 1110. The number of nitrogens with one attached hydrogen (secondary N) is 1. The summed E-state index contributed by atoms with van der Waals surface area (Å²) in [5.41, 5.74) is 2.65. The predicted molar refractivity (Wildman–Crippen MR) is 170 cm³/mol. The molecule has 10 atom stereocenters. The minimum Gasteiger partial charge on any atom is -0.481 e. The van der Waals surface area contributed by atoms with Crippen molar-refractivity contribution in [3.8, 4) is 0 Å². The highest BCUT2D eigenvalue weighted by Gasteiger charge is 2.71. The Hall–Kier alpha value is -1.22. The number of carboxylic acids is 1. The van der Waals surface area contributed by atoms with E-state index in [1.807, 2.05) is 20.9 Å². The molecule has 0 aliphatic heterocycles. The monoisotopic (exact) mass is 618 g/mol. The van der Waals surface area contributed by atoms with Crippen LogP contribution in [0.15, 0.2) is 0 Å². The molecule has 0 aromatic rings. The maximum Gasteiger partial charge on any atom is 0.306 e. The lowest BCUT2D eigenvalue weighted by molar-refractivity contribution is -0.260. The van der Waals surface area contributed by atoms with E-state index in [0.29, 0.717) is 23.7 Å². The molecule has 0 spiro atoms. The fourth-order valence-electron chi connectivity index (χ4n) is 12.9. The largest absolute Gasteiger partial charge is 0.481 e. The number of nitrogens with zero attached hydrogens (tertiary/aromatic N) is 1. The lowest BCUT2D eigenvalue weighted by atomic mass is 9.32. The van der Waals surface area contributed by atoms with E-state index in [9.17, 15) is 24.9 Å². The molecule has 8 nitrogen and oxygen atoms in total. The minimum atomic E-state index is -0.885. The number of rotatable bonds is 9. The van der Waals surface area contributed by atoms with Crippen molar-refractivity contribution in [2.45, 2.75) is 144 Å². The molecule has 0 aromatic heterocycles. The van der Waals surface area contributed by atoms with Crippen LogP contribution in [0.4, 0.5) is 0 Å². The third-order valence-corrected chi connectivity index (χ3v) is 15.1. The van der Waals surface area contributed by atoms with Gasteiger partial charge in [-0.25, -0.2) is 10.4 Å². The Morgan fingerprint density at radius 1 is 0.886 bits per heavy atom. The Kier molecular flexibility index (Phi) is 8.91. The summed E-state index contributed by atoms with van der Waals surface area (Å²) in [4.78, 5) is 24.4. The van der Waals surface area contributed by atoms with Gasteiger partial charge in [-0.05, 0) is 110 Å². The van der Waals surface area contributed by atoms with Crippen molar-refractivity contribution in [2.24, 2.45) is 56.2 Å². The summed E-state index contributed by atoms with van der Waals surface area (Å²) in [6, 6.07) is 0. The molecule has 5 rings (SSSR count). The van der Waals surface area contributed by atoms with Gasteiger partial charge < -0.3 is 20.1 Å². The van der Waals surface area contributed by atoms with Crippen LogP contribution in [-0.4, -0.2) is 58.4 Å². The smallest absolute Gasteiger partial charge is 0.306 e. The van der Waals surface area contributed by atoms with E-state index < -0.39 is 17.6 Å². The number of carboxylic acid groups (broad SMARTS) is 1. The number of aliphatic carboxylic acids is 1. The standard InChI is InChI=1S/C36H62N2O6/c1-31(2,20-28(40)41)21-29(42)44-27-14-16-33(5)25(32(27,3)4)13-17-35(7)26(33)12-11-23-24-10-9-15-36(24,19-18-34(23,35)6)30(43)38(8)37-22-39/h23-27,30,37,39,43H,9-22H2,1-8H3,(H,40,41)/t23-,24-,25?,26?,27+,30?,33+,34-,35-,36+/m1/s1. The molecule has 5 fully saturated rings. The van der Waals surface area contributed by atoms with Crippen LogP contribution in [0.3, 0.4) is 0 Å². The lowest BCUT2D eigenvalue weighted by Gasteiger charge is -2.73. The first-order chi connectivity index (χ1) is 20.4. The Labute approximate surface area is 266 Å². The number of hydrogen-bond acceptors (Lipinski definition) is 7. The molecular weight excluding hydrogens is 556 g/mol. The van der Waals surface area contributed by atoms with Crippen molar-refractivity contribution < 1.29 is 29.6 Å². The van der Waals surface area contributed by atoms with Gasteiger partial charge in [0.2, 0.25) is 0 Å². The van der Waals surface area contributed by atoms with Crippen molar-refractivity contribution in [3.63, 3.8) is 0 Å². The average molecular weight is 619 g/mol. The highest BCUT2D eigenvalue weighted by atomic mass is 16.5. The van der Waals surface area contributed by atoms with Crippen LogP contribution in [0.25, 0.3) is 0 Å². The zero-order valence-corrected chi connectivity index (χ0v) is 28.9. The van der Waals surface area contributed by atoms with Gasteiger partial charge in [-0.2, -0.15) is 0 Å². The number of hydrazine groups is 1. The molecule has 5 saturated carbocycles. The molecular formula is C36H62N2O6. The van der Waals surface area contributed by atoms with Crippen LogP contribution in [0.1, 0.15) is 132 Å². The molecule has 0 aromatic carbocycles. The molecule has 0 saturated heterocycles. The van der Waals surface area contributed by atoms with Gasteiger partial charge in [0.25, 0.3) is 0 Å². The van der Waals surface area contributed by atoms with Crippen molar-refractivity contribution in [1.82, 2.24) is 10.4 Å². The number of aliphatic hydroxyl groups excluding tert-OH is 2. The summed E-state index contributed by atoms with van der Waals surface area (Å²) in [6.45, 7) is 15.9. The lowest BCUT2D eigenvalue weighted by Crippen LogP contribution is -2.67. The van der Waals surface area contributed by atoms with Gasteiger partial charge >= 0.3 is 11.9 Å². The summed E-state index contributed by atoms with van der Waals surface area (Å²) in [7, 11) is 1.87. The number of carbonyl (C=O) groups is 2. The average Bonchev–Trinajstić information content (AvgIpc) is 3.34. The molecule has 0 amide bonds. The second-order valence-corrected chi connectivity index (χ2v) is 18.0. The maximum atomic E-state index is 13.1. The number of carbonyl (C=O) groups excluding carboxylic acids is 1. The zero-order valence-electron chi connectivity index (χ0n) is 28.9. The van der Waals surface area contributed by atoms with Crippen molar-refractivity contribution in [3.05, 3.63) is 0 Å². The zero-order chi connectivity index (χ0) is 32.5. The van der Waals surface area contributed by atoms with E-state index in [1.165, 1.54) is 32.1 Å². The molecule has 0 heterocycles. The van der Waals surface area contributed by atoms with Crippen LogP contribution in [-0.2, 0) is 14.3 Å². The van der Waals surface area contributed by atoms with E-state index in [-0.39, 0.29) is 58.7 Å². The van der Waals surface area contributed by atoms with Crippen LogP contribution in [0.5, 0.6) is 0 Å². The predicted octanol–water partition coefficient (Wildman–Crippen LogP) is 6.35. The number of esters is 1. The van der Waals surface area contributed by atoms with Gasteiger partial charge in [0.05, 0.1) is 12.8 Å². The molecule has 8 heteroatoms. The Balaban J connectivity index is 1.36. The van der Waals surface area contributed by atoms with Gasteiger partial charge in [-0.3, -0.25) is 9.59 Å². The molecule has 3 unspecified atom stereocenters. The summed E-state index contributed by atoms with van der Waals surface area (Å²) in [5.74, 6) is 1.01. The number of hydrogen-bond donors (Lipinski definition) is 4. The van der Waals surface area contributed by atoms with Gasteiger partial charge in [0, 0.05) is 17.9 Å². The van der Waals surface area contributed by atoms with E-state index in [1.54, 1.807) is 5.01 Å². The molecule has 5 aliphatic rings. The topological polar surface area (TPSA) is 119 Å². The summed E-state index contributed by atoms with van der Waals surface area (Å²) < 4.78 is 6.22. The van der Waals surface area contributed by atoms with Crippen LogP contribution in [0, 0.1) is 56.2 Å². The summed E-state index contributed by atoms with van der Waals surface area (Å²) in [6.07, 6.45) is 11.6. The van der Waals surface area contributed by atoms with Crippen LogP contribution >= 0.6 is 0 Å². The molecule has 252 valence electrons. The summed E-state index contributed by atoms with van der Waals surface area (Å²) >= 11 is 0. The highest BCUT2D eigenvalue weighted by molar-refractivity contribution is 5.73. The van der Waals surface area contributed by atoms with Crippen molar-refractivity contribution in [1.29, 1.82) is 0 Å². The first-order valence-electron chi connectivity index (χ1n) is 17.5. The number of ether oxygens (including phenoxy) is 1. The van der Waals surface area contributed by atoms with Gasteiger partial charge in [-0.15, -0.1) is 0 Å². The van der Waals surface area contributed by atoms with E-state index in [4.69, 9.17) is 4.74 Å². The van der Waals surface area contributed by atoms with Crippen molar-refractivity contribution >= 4 is 11.9 Å². The highest BCUT2D eigenvalue weighted by Crippen LogP contribution is 2.77. The fraction of sp³-hybridized carbons (Fsp3) is 0.944. The maximum absolute atomic E-state index is 13.1. The number of aliphatic hydroxyl groups is 2. The van der Waals surface area contributed by atoms with Gasteiger partial charge in [0.15, 0.2) is 0 Å². The quantitative estimate of drug-likeness (QED) is 0.134. The van der Waals surface area contributed by atoms with E-state index in [2.05, 4.69) is 40.0 Å². The molecule has 44 heavy (non-hydrogen) atoms. The van der Waals surface area contributed by atoms with Crippen LogP contribution < -0.4 is 5.43 Å². The molecule has 4 N–H and O–H groups in total.